The van der Waals surface area contributed by atoms with Crippen molar-refractivity contribution in [1.82, 2.24) is 4.57 Å². The molecule has 1 heterocycles. The van der Waals surface area contributed by atoms with Gasteiger partial charge < -0.3 is 9.47 Å². The molecule has 0 radical (unpaired) electrons. The van der Waals surface area contributed by atoms with E-state index in [1.165, 1.54) is 88.8 Å². The standard InChI is InChI=1S/C54H42N2/c1-53(2)43-21-11-8-19-41(43)51-45(53)23-14-26-48(51)55(37-30-28-36(29-31-37)35-16-6-5-7-17-35)38-32-33-40-39-18-10-13-25-47(39)56(50(40)34-38)49-27-15-24-46-52(49)42-20-9-12-22-44(42)54(46,3)4/h5-34H,1-4H3. The molecule has 268 valence electrons. The van der Waals surface area contributed by atoms with E-state index in [9.17, 15) is 0 Å². The van der Waals surface area contributed by atoms with E-state index >= 15 is 0 Å². The second kappa shape index (κ2) is 11.9. The lowest BCUT2D eigenvalue weighted by Crippen LogP contribution is -2.16. The van der Waals surface area contributed by atoms with Crippen LogP contribution in [0.4, 0.5) is 17.1 Å². The van der Waals surface area contributed by atoms with Gasteiger partial charge in [0, 0.05) is 44.1 Å². The van der Waals surface area contributed by atoms with Gasteiger partial charge in [0.25, 0.3) is 0 Å². The summed E-state index contributed by atoms with van der Waals surface area (Å²) in [7, 11) is 0. The summed E-state index contributed by atoms with van der Waals surface area (Å²) in [5, 5.41) is 2.50. The summed E-state index contributed by atoms with van der Waals surface area (Å²) in [6.07, 6.45) is 0. The Morgan fingerprint density at radius 3 is 1.66 bits per heavy atom. The van der Waals surface area contributed by atoms with Gasteiger partial charge >= 0.3 is 0 Å². The fraction of sp³-hybridized carbons (Fsp3) is 0.111. The molecule has 2 aliphatic carbocycles. The lowest BCUT2D eigenvalue weighted by molar-refractivity contribution is 0.660. The van der Waals surface area contributed by atoms with E-state index in [2.05, 4.69) is 219 Å². The molecule has 0 saturated heterocycles. The SMILES string of the molecule is CC1(C)c2ccccc2-c2c(N(c3ccc(-c4ccccc4)cc3)c3ccc4c5ccccc5n(-c5cccc6c5-c5ccccc5C6(C)C)c4c3)cccc21. The Labute approximate surface area is 328 Å². The smallest absolute Gasteiger partial charge is 0.0562 e. The summed E-state index contributed by atoms with van der Waals surface area (Å²) >= 11 is 0. The lowest BCUT2D eigenvalue weighted by atomic mass is 9.82. The van der Waals surface area contributed by atoms with E-state index in [1.54, 1.807) is 0 Å². The van der Waals surface area contributed by atoms with E-state index in [-0.39, 0.29) is 10.8 Å². The third-order valence-corrected chi connectivity index (χ3v) is 12.8. The molecule has 0 N–H and O–H groups in total. The van der Waals surface area contributed by atoms with Crippen LogP contribution in [0.2, 0.25) is 0 Å². The van der Waals surface area contributed by atoms with Crippen LogP contribution in [-0.4, -0.2) is 4.57 Å². The van der Waals surface area contributed by atoms with Crippen LogP contribution in [0.15, 0.2) is 182 Å². The van der Waals surface area contributed by atoms with Crippen molar-refractivity contribution in [2.24, 2.45) is 0 Å². The zero-order valence-electron chi connectivity index (χ0n) is 32.2. The van der Waals surface area contributed by atoms with Gasteiger partial charge in [0.05, 0.1) is 22.4 Å². The molecule has 0 aliphatic heterocycles. The third kappa shape index (κ3) is 4.56. The number of hydrogen-bond donors (Lipinski definition) is 0. The average molecular weight is 719 g/mol. The Morgan fingerprint density at radius 2 is 0.929 bits per heavy atom. The minimum Gasteiger partial charge on any atom is -0.310 e. The van der Waals surface area contributed by atoms with Crippen LogP contribution in [0.1, 0.15) is 49.9 Å². The molecule has 0 atom stereocenters. The number of rotatable bonds is 5. The predicted molar refractivity (Wildman–Crippen MR) is 236 cm³/mol. The molecule has 0 bridgehead atoms. The molecule has 9 aromatic rings. The number of nitrogens with zero attached hydrogens (tertiary/aromatic N) is 2. The molecule has 8 aromatic carbocycles. The average Bonchev–Trinajstić information content (AvgIpc) is 3.79. The first-order chi connectivity index (χ1) is 27.3. The summed E-state index contributed by atoms with van der Waals surface area (Å²) in [5.74, 6) is 0. The highest BCUT2D eigenvalue weighted by Crippen LogP contribution is 2.55. The largest absolute Gasteiger partial charge is 0.310 e. The first kappa shape index (κ1) is 32.8. The Hall–Kier alpha value is -6.64. The monoisotopic (exact) mass is 718 g/mol. The molecule has 56 heavy (non-hydrogen) atoms. The van der Waals surface area contributed by atoms with Crippen LogP contribution in [0.25, 0.3) is 60.9 Å². The normalized spacial score (nSPS) is 14.4. The molecule has 0 amide bonds. The second-order valence-electron chi connectivity index (χ2n) is 16.5. The predicted octanol–water partition coefficient (Wildman–Crippen LogP) is 14.5. The van der Waals surface area contributed by atoms with Gasteiger partial charge in [0.2, 0.25) is 0 Å². The topological polar surface area (TPSA) is 8.17 Å². The number of hydrogen-bond acceptors (Lipinski definition) is 1. The van der Waals surface area contributed by atoms with Crippen molar-refractivity contribution in [2.45, 2.75) is 38.5 Å². The Bertz CT molecular complexity index is 3020. The van der Waals surface area contributed by atoms with E-state index in [1.807, 2.05) is 0 Å². The molecule has 0 unspecified atom stereocenters. The van der Waals surface area contributed by atoms with E-state index in [0.29, 0.717) is 0 Å². The molecule has 2 heteroatoms. The quantitative estimate of drug-likeness (QED) is 0.172. The first-order valence-electron chi connectivity index (χ1n) is 19.8. The van der Waals surface area contributed by atoms with Crippen LogP contribution in [0.3, 0.4) is 0 Å². The van der Waals surface area contributed by atoms with Gasteiger partial charge in [-0.15, -0.1) is 0 Å². The van der Waals surface area contributed by atoms with Gasteiger partial charge in [-0.1, -0.05) is 167 Å². The number of fused-ring (bicyclic) bond motifs is 9. The highest BCUT2D eigenvalue weighted by atomic mass is 15.1. The summed E-state index contributed by atoms with van der Waals surface area (Å²) in [5.41, 5.74) is 20.0. The minimum absolute atomic E-state index is 0.0909. The number of anilines is 3. The third-order valence-electron chi connectivity index (χ3n) is 12.8. The van der Waals surface area contributed by atoms with Crippen LogP contribution >= 0.6 is 0 Å². The first-order valence-corrected chi connectivity index (χ1v) is 19.8. The Balaban J connectivity index is 1.19. The van der Waals surface area contributed by atoms with Crippen molar-refractivity contribution < 1.29 is 0 Å². The van der Waals surface area contributed by atoms with Crippen molar-refractivity contribution in [3.05, 3.63) is 204 Å². The lowest BCUT2D eigenvalue weighted by Gasteiger charge is -2.29. The van der Waals surface area contributed by atoms with Crippen LogP contribution in [-0.2, 0) is 10.8 Å². The van der Waals surface area contributed by atoms with E-state index in [0.717, 1.165) is 11.4 Å². The fourth-order valence-electron chi connectivity index (χ4n) is 10.1. The van der Waals surface area contributed by atoms with Crippen molar-refractivity contribution in [1.29, 1.82) is 0 Å². The Kier molecular flexibility index (Phi) is 6.98. The summed E-state index contributed by atoms with van der Waals surface area (Å²) in [6, 6.07) is 67.5. The molecule has 1 aromatic heterocycles. The van der Waals surface area contributed by atoms with Gasteiger partial charge in [-0.3, -0.25) is 0 Å². The minimum atomic E-state index is -0.112. The van der Waals surface area contributed by atoms with Gasteiger partial charge in [0.1, 0.15) is 0 Å². The highest BCUT2D eigenvalue weighted by Gasteiger charge is 2.39. The molecular formula is C54H42N2. The van der Waals surface area contributed by atoms with Crippen molar-refractivity contribution in [3.8, 4) is 39.1 Å². The molecule has 0 saturated carbocycles. The molecule has 0 spiro atoms. The zero-order valence-corrected chi connectivity index (χ0v) is 32.2. The number of para-hydroxylation sites is 1. The molecule has 0 fully saturated rings. The number of benzene rings is 8. The van der Waals surface area contributed by atoms with Crippen molar-refractivity contribution in [2.75, 3.05) is 4.90 Å². The maximum absolute atomic E-state index is 2.52. The van der Waals surface area contributed by atoms with Gasteiger partial charge in [0.15, 0.2) is 0 Å². The summed E-state index contributed by atoms with van der Waals surface area (Å²) in [6.45, 7) is 9.46. The fourth-order valence-corrected chi connectivity index (χ4v) is 10.1. The van der Waals surface area contributed by atoms with Gasteiger partial charge in [-0.05, 0) is 87.0 Å². The summed E-state index contributed by atoms with van der Waals surface area (Å²) < 4.78 is 2.52. The molecular weight excluding hydrogens is 677 g/mol. The second-order valence-corrected chi connectivity index (χ2v) is 16.5. The van der Waals surface area contributed by atoms with Gasteiger partial charge in [-0.25, -0.2) is 0 Å². The van der Waals surface area contributed by atoms with Gasteiger partial charge in [-0.2, -0.15) is 0 Å². The van der Waals surface area contributed by atoms with Crippen LogP contribution < -0.4 is 4.90 Å². The van der Waals surface area contributed by atoms with Crippen molar-refractivity contribution in [3.63, 3.8) is 0 Å². The molecule has 2 nitrogen and oxygen atoms in total. The highest BCUT2D eigenvalue weighted by molar-refractivity contribution is 6.11. The Morgan fingerprint density at radius 1 is 0.393 bits per heavy atom. The maximum atomic E-state index is 2.52. The van der Waals surface area contributed by atoms with Crippen LogP contribution in [0, 0.1) is 0 Å². The van der Waals surface area contributed by atoms with E-state index < -0.39 is 0 Å². The molecule has 11 rings (SSSR count). The zero-order chi connectivity index (χ0) is 37.8. The number of aromatic nitrogens is 1. The summed E-state index contributed by atoms with van der Waals surface area (Å²) in [4.78, 5) is 2.49. The maximum Gasteiger partial charge on any atom is 0.0562 e. The van der Waals surface area contributed by atoms with Crippen LogP contribution in [0.5, 0.6) is 0 Å². The van der Waals surface area contributed by atoms with Crippen molar-refractivity contribution >= 4 is 38.9 Å². The van der Waals surface area contributed by atoms with E-state index in [4.69, 9.17) is 0 Å². The molecule has 2 aliphatic rings.